The zero-order valence-electron chi connectivity index (χ0n) is 10.2. The summed E-state index contributed by atoms with van der Waals surface area (Å²) in [6.45, 7) is 4.78. The third kappa shape index (κ3) is 1.28. The van der Waals surface area contributed by atoms with Crippen LogP contribution >= 0.6 is 27.3 Å². The molecule has 0 amide bonds. The third-order valence-electron chi connectivity index (χ3n) is 3.71. The van der Waals surface area contributed by atoms with Crippen LogP contribution in [0.3, 0.4) is 0 Å². The molecule has 0 bridgehead atoms. The molecule has 1 fully saturated rings. The predicted octanol–water partition coefficient (Wildman–Crippen LogP) is 3.23. The summed E-state index contributed by atoms with van der Waals surface area (Å²) in [6.07, 6.45) is 2.10. The minimum atomic E-state index is -0.173. The van der Waals surface area contributed by atoms with Gasteiger partial charge in [0, 0.05) is 14.9 Å². The molecule has 2 aliphatic rings. The molecule has 0 saturated heterocycles. The standard InChI is InChI=1S/C12H12BrN3OS/c1-6-9(13)8-5-17-12(3-4-12)11-15-14-7(2)16(11)10(8)18-6/h3-5H2,1-2H3. The fraction of sp³-hybridized carbons (Fsp3) is 0.500. The fourth-order valence-electron chi connectivity index (χ4n) is 2.52. The zero-order chi connectivity index (χ0) is 12.5. The van der Waals surface area contributed by atoms with Gasteiger partial charge < -0.3 is 4.74 Å². The normalized spacial score (nSPS) is 19.5. The number of hydrogen-bond acceptors (Lipinski definition) is 4. The van der Waals surface area contributed by atoms with E-state index >= 15 is 0 Å². The number of fused-ring (bicyclic) bond motifs is 4. The smallest absolute Gasteiger partial charge is 0.170 e. The first-order valence-electron chi connectivity index (χ1n) is 5.97. The van der Waals surface area contributed by atoms with E-state index in [9.17, 15) is 0 Å². The Balaban J connectivity index is 2.05. The first-order chi connectivity index (χ1) is 8.62. The van der Waals surface area contributed by atoms with E-state index in [1.165, 1.54) is 19.9 Å². The van der Waals surface area contributed by atoms with E-state index < -0.39 is 0 Å². The molecule has 3 heterocycles. The lowest BCUT2D eigenvalue weighted by Crippen LogP contribution is -2.14. The Morgan fingerprint density at radius 1 is 1.33 bits per heavy atom. The van der Waals surface area contributed by atoms with Crippen molar-refractivity contribution in [3.63, 3.8) is 0 Å². The molecule has 1 aliphatic carbocycles. The largest absolute Gasteiger partial charge is 0.362 e. The molecule has 0 unspecified atom stereocenters. The summed E-state index contributed by atoms with van der Waals surface area (Å²) in [5.41, 5.74) is 1.05. The third-order valence-corrected chi connectivity index (χ3v) is 6.18. The van der Waals surface area contributed by atoms with Crippen LogP contribution < -0.4 is 0 Å². The maximum Gasteiger partial charge on any atom is 0.170 e. The van der Waals surface area contributed by atoms with E-state index in [4.69, 9.17) is 4.74 Å². The van der Waals surface area contributed by atoms with Gasteiger partial charge in [0.25, 0.3) is 0 Å². The van der Waals surface area contributed by atoms with Crippen LogP contribution in [0.1, 0.15) is 34.9 Å². The van der Waals surface area contributed by atoms with E-state index in [0.29, 0.717) is 6.61 Å². The van der Waals surface area contributed by atoms with E-state index in [-0.39, 0.29) is 5.60 Å². The topological polar surface area (TPSA) is 39.9 Å². The predicted molar refractivity (Wildman–Crippen MR) is 72.1 cm³/mol. The van der Waals surface area contributed by atoms with Crippen LogP contribution in [-0.2, 0) is 16.9 Å². The molecule has 1 aliphatic heterocycles. The summed E-state index contributed by atoms with van der Waals surface area (Å²) in [4.78, 5) is 1.27. The number of thiophene rings is 1. The van der Waals surface area contributed by atoms with Crippen LogP contribution in [0.15, 0.2) is 4.47 Å². The molecule has 1 saturated carbocycles. The SMILES string of the molecule is Cc1sc2c(c1Br)COC1(CC1)c1nnc(C)n1-2. The minimum Gasteiger partial charge on any atom is -0.362 e. The second-order valence-corrected chi connectivity index (χ2v) is 6.94. The molecule has 18 heavy (non-hydrogen) atoms. The first kappa shape index (κ1) is 11.1. The number of rotatable bonds is 0. The average Bonchev–Trinajstić information content (AvgIpc) is 2.99. The number of aryl methyl sites for hydroxylation is 2. The fourth-order valence-corrected chi connectivity index (χ4v) is 4.29. The van der Waals surface area contributed by atoms with Crippen LogP contribution in [0.5, 0.6) is 0 Å². The highest BCUT2D eigenvalue weighted by Crippen LogP contribution is 2.53. The maximum atomic E-state index is 6.12. The van der Waals surface area contributed by atoms with Gasteiger partial charge in [-0.2, -0.15) is 0 Å². The van der Waals surface area contributed by atoms with E-state index in [1.807, 2.05) is 6.92 Å². The first-order valence-corrected chi connectivity index (χ1v) is 7.58. The van der Waals surface area contributed by atoms with E-state index in [0.717, 1.165) is 24.5 Å². The molecule has 0 aromatic carbocycles. The molecule has 94 valence electrons. The van der Waals surface area contributed by atoms with E-state index in [1.54, 1.807) is 11.3 Å². The maximum absolute atomic E-state index is 6.12. The summed E-state index contributed by atoms with van der Waals surface area (Å²) < 4.78 is 9.46. The Kier molecular flexibility index (Phi) is 2.12. The van der Waals surface area contributed by atoms with Crippen LogP contribution in [0, 0.1) is 13.8 Å². The van der Waals surface area contributed by atoms with Gasteiger partial charge >= 0.3 is 0 Å². The highest BCUT2D eigenvalue weighted by atomic mass is 79.9. The molecule has 0 atom stereocenters. The molecule has 4 rings (SSSR count). The van der Waals surface area contributed by atoms with Crippen molar-refractivity contribution in [3.05, 3.63) is 26.6 Å². The van der Waals surface area contributed by atoms with Gasteiger partial charge in [-0.05, 0) is 42.6 Å². The Hall–Kier alpha value is -0.720. The zero-order valence-corrected chi connectivity index (χ0v) is 12.6. The summed E-state index contributed by atoms with van der Waals surface area (Å²) in [7, 11) is 0. The van der Waals surface area contributed by atoms with Crippen molar-refractivity contribution in [1.82, 2.24) is 14.8 Å². The molecule has 0 N–H and O–H groups in total. The lowest BCUT2D eigenvalue weighted by molar-refractivity contribution is 0.0135. The van der Waals surface area contributed by atoms with Crippen LogP contribution in [0.4, 0.5) is 0 Å². The van der Waals surface area contributed by atoms with Gasteiger partial charge in [0.05, 0.1) is 6.61 Å². The van der Waals surface area contributed by atoms with Crippen molar-refractivity contribution in [1.29, 1.82) is 0 Å². The number of nitrogens with zero attached hydrogens (tertiary/aromatic N) is 3. The molecular weight excluding hydrogens is 314 g/mol. The molecule has 2 aromatic rings. The molecule has 0 radical (unpaired) electrons. The second-order valence-electron chi connectivity index (χ2n) is 4.95. The van der Waals surface area contributed by atoms with Crippen molar-refractivity contribution in [2.75, 3.05) is 0 Å². The second kappa shape index (κ2) is 3.43. The van der Waals surface area contributed by atoms with E-state index in [2.05, 4.69) is 37.6 Å². The van der Waals surface area contributed by atoms with Crippen molar-refractivity contribution < 1.29 is 4.74 Å². The average molecular weight is 326 g/mol. The van der Waals surface area contributed by atoms with Gasteiger partial charge in [-0.1, -0.05) is 0 Å². The Labute approximate surface area is 117 Å². The summed E-state index contributed by atoms with van der Waals surface area (Å²) in [5, 5.41) is 9.80. The van der Waals surface area contributed by atoms with Gasteiger partial charge in [-0.25, -0.2) is 0 Å². The monoisotopic (exact) mass is 325 g/mol. The lowest BCUT2D eigenvalue weighted by Gasteiger charge is -2.12. The number of ether oxygens (including phenoxy) is 1. The number of hydrogen-bond donors (Lipinski definition) is 0. The van der Waals surface area contributed by atoms with Crippen molar-refractivity contribution >= 4 is 27.3 Å². The minimum absolute atomic E-state index is 0.173. The van der Waals surface area contributed by atoms with Gasteiger partial charge in [0.15, 0.2) is 5.82 Å². The number of halogens is 1. The van der Waals surface area contributed by atoms with Gasteiger partial charge in [-0.3, -0.25) is 4.57 Å². The Morgan fingerprint density at radius 3 is 2.83 bits per heavy atom. The highest BCUT2D eigenvalue weighted by molar-refractivity contribution is 9.10. The highest BCUT2D eigenvalue weighted by Gasteiger charge is 2.52. The number of aromatic nitrogens is 3. The molecule has 1 spiro atoms. The van der Waals surface area contributed by atoms with Gasteiger partial charge in [-0.15, -0.1) is 21.5 Å². The van der Waals surface area contributed by atoms with Crippen molar-refractivity contribution in [2.45, 2.75) is 38.9 Å². The molecule has 4 nitrogen and oxygen atoms in total. The van der Waals surface area contributed by atoms with Gasteiger partial charge in [0.2, 0.25) is 0 Å². The van der Waals surface area contributed by atoms with Crippen LogP contribution in [-0.4, -0.2) is 14.8 Å². The van der Waals surface area contributed by atoms with Crippen LogP contribution in [0.25, 0.3) is 5.00 Å². The molecular formula is C12H12BrN3OS. The van der Waals surface area contributed by atoms with Crippen molar-refractivity contribution in [3.8, 4) is 5.00 Å². The lowest BCUT2D eigenvalue weighted by atomic mass is 10.3. The van der Waals surface area contributed by atoms with Crippen molar-refractivity contribution in [2.24, 2.45) is 0 Å². The van der Waals surface area contributed by atoms with Gasteiger partial charge in [0.1, 0.15) is 16.4 Å². The summed E-state index contributed by atoms with van der Waals surface area (Å²) in [5.74, 6) is 1.92. The summed E-state index contributed by atoms with van der Waals surface area (Å²) in [6, 6.07) is 0. The Bertz CT molecular complexity index is 657. The molecule has 6 heteroatoms. The quantitative estimate of drug-likeness (QED) is 0.746. The molecule has 2 aromatic heterocycles. The summed E-state index contributed by atoms with van der Waals surface area (Å²) >= 11 is 5.45. The van der Waals surface area contributed by atoms with Crippen LogP contribution in [0.2, 0.25) is 0 Å². The Morgan fingerprint density at radius 2 is 2.11 bits per heavy atom.